The number of para-hydroxylation sites is 2. The van der Waals surface area contributed by atoms with Crippen molar-refractivity contribution in [2.24, 2.45) is 5.10 Å². The number of rotatable bonds is 13. The van der Waals surface area contributed by atoms with Gasteiger partial charge in [-0.05, 0) is 95.1 Å². The summed E-state index contributed by atoms with van der Waals surface area (Å²) < 4.78 is 44.8. The van der Waals surface area contributed by atoms with E-state index in [1.54, 1.807) is 72.8 Å². The fraction of sp³-hybridized carbons (Fsp3) is 0.156. The Morgan fingerprint density at radius 3 is 2.24 bits per heavy atom. The number of anilines is 2. The monoisotopic (exact) mass is 694 g/mol. The van der Waals surface area contributed by atoms with Gasteiger partial charge in [0.05, 0.1) is 41.2 Å². The van der Waals surface area contributed by atoms with Crippen molar-refractivity contribution < 1.29 is 32.2 Å². The van der Waals surface area contributed by atoms with Crippen LogP contribution in [0.15, 0.2) is 105 Å². The van der Waals surface area contributed by atoms with Gasteiger partial charge in [-0.15, -0.1) is 0 Å². The molecular formula is C32H31BrN4O7S. The van der Waals surface area contributed by atoms with Gasteiger partial charge >= 0.3 is 0 Å². The molecule has 4 aromatic carbocycles. The smallest absolute Gasteiger partial charge is 0.264 e. The Bertz CT molecular complexity index is 1780. The molecule has 0 bridgehead atoms. The minimum absolute atomic E-state index is 0.0216. The number of methoxy groups -OCH3 is 2. The fourth-order valence-corrected chi connectivity index (χ4v) is 6.18. The molecule has 0 aliphatic rings. The number of benzene rings is 4. The number of carbonyl (C=O) groups excluding carboxylic acids is 2. The summed E-state index contributed by atoms with van der Waals surface area (Å²) in [6.07, 6.45) is 1.40. The molecule has 2 N–H and O–H groups in total. The Morgan fingerprint density at radius 2 is 1.58 bits per heavy atom. The number of carbonyl (C=O) groups is 2. The number of halogens is 1. The average molecular weight is 696 g/mol. The Balaban J connectivity index is 1.37. The zero-order valence-electron chi connectivity index (χ0n) is 24.7. The molecule has 0 atom stereocenters. The van der Waals surface area contributed by atoms with E-state index in [2.05, 4.69) is 31.8 Å². The summed E-state index contributed by atoms with van der Waals surface area (Å²) in [7, 11) is -1.14. The maximum atomic E-state index is 13.7. The second-order valence-electron chi connectivity index (χ2n) is 9.54. The number of ether oxygens (including phenoxy) is 3. The Labute approximate surface area is 270 Å². The fourth-order valence-electron chi connectivity index (χ4n) is 4.04. The van der Waals surface area contributed by atoms with Crippen molar-refractivity contribution in [1.82, 2.24) is 5.43 Å². The maximum Gasteiger partial charge on any atom is 0.264 e. The van der Waals surface area contributed by atoms with Gasteiger partial charge in [0.2, 0.25) is 0 Å². The lowest BCUT2D eigenvalue weighted by Crippen LogP contribution is -2.39. The molecule has 0 aromatic heterocycles. The highest BCUT2D eigenvalue weighted by molar-refractivity contribution is 9.10. The Morgan fingerprint density at radius 1 is 0.889 bits per heavy atom. The number of hydrazone groups is 1. The molecule has 4 aromatic rings. The van der Waals surface area contributed by atoms with E-state index in [4.69, 9.17) is 14.2 Å². The van der Waals surface area contributed by atoms with Crippen molar-refractivity contribution in [3.05, 3.63) is 107 Å². The van der Waals surface area contributed by atoms with E-state index in [-0.39, 0.29) is 17.4 Å². The zero-order valence-corrected chi connectivity index (χ0v) is 27.1. The predicted molar refractivity (Wildman–Crippen MR) is 176 cm³/mol. The number of hydrogen-bond donors (Lipinski definition) is 2. The van der Waals surface area contributed by atoms with Crippen LogP contribution in [0.1, 0.15) is 11.1 Å². The molecule has 11 nitrogen and oxygen atoms in total. The number of nitrogens with one attached hydrogen (secondary N) is 2. The highest BCUT2D eigenvalue weighted by Crippen LogP contribution is 2.31. The van der Waals surface area contributed by atoms with Gasteiger partial charge in [0.1, 0.15) is 23.8 Å². The molecule has 0 saturated heterocycles. The van der Waals surface area contributed by atoms with Crippen LogP contribution in [-0.2, 0) is 19.6 Å². The molecule has 0 unspecified atom stereocenters. The van der Waals surface area contributed by atoms with Crippen molar-refractivity contribution in [1.29, 1.82) is 0 Å². The summed E-state index contributed by atoms with van der Waals surface area (Å²) in [5, 5.41) is 6.71. The molecule has 0 spiro atoms. The SMILES string of the molecule is COc1ccc(S(=O)(=O)N(CC(=O)N/N=C\c2ccc(OCC(=O)Nc3ccccc3OC)cc2)c2ccc(C)cc2)cc1Br. The van der Waals surface area contributed by atoms with Crippen LogP contribution in [-0.4, -0.2) is 53.8 Å². The van der Waals surface area contributed by atoms with Crippen LogP contribution in [0.25, 0.3) is 0 Å². The first kappa shape index (κ1) is 33.0. The first-order valence-corrected chi connectivity index (χ1v) is 15.7. The summed E-state index contributed by atoms with van der Waals surface area (Å²) >= 11 is 3.32. The van der Waals surface area contributed by atoms with Gasteiger partial charge in [-0.25, -0.2) is 13.8 Å². The normalized spacial score (nSPS) is 11.1. The average Bonchev–Trinajstić information content (AvgIpc) is 3.04. The molecule has 0 aliphatic carbocycles. The number of amides is 2. The quantitative estimate of drug-likeness (QED) is 0.146. The van der Waals surface area contributed by atoms with E-state index in [9.17, 15) is 18.0 Å². The largest absolute Gasteiger partial charge is 0.496 e. The lowest BCUT2D eigenvalue weighted by Gasteiger charge is -2.24. The standard InChI is InChI=1S/C32H31BrN4O7S/c1-22-8-12-24(13-9-22)37(45(40,41)26-16-17-29(42-2)27(33)18-26)20-31(38)36-34-19-23-10-14-25(15-11-23)44-21-32(39)35-28-6-4-5-7-30(28)43-3/h4-19H,20-21H2,1-3H3,(H,35,39)(H,36,38)/b34-19-. The van der Waals surface area contributed by atoms with Gasteiger partial charge in [0.25, 0.3) is 21.8 Å². The van der Waals surface area contributed by atoms with Crippen molar-refractivity contribution in [3.63, 3.8) is 0 Å². The van der Waals surface area contributed by atoms with Crippen LogP contribution in [0.5, 0.6) is 17.2 Å². The highest BCUT2D eigenvalue weighted by atomic mass is 79.9. The first-order chi connectivity index (χ1) is 21.6. The highest BCUT2D eigenvalue weighted by Gasteiger charge is 2.28. The number of hydrogen-bond acceptors (Lipinski definition) is 8. The van der Waals surface area contributed by atoms with Crippen molar-refractivity contribution in [2.75, 3.05) is 37.0 Å². The van der Waals surface area contributed by atoms with Gasteiger partial charge in [0.15, 0.2) is 6.61 Å². The summed E-state index contributed by atoms with van der Waals surface area (Å²) in [6.45, 7) is 1.15. The number of aryl methyl sites for hydroxylation is 1. The van der Waals surface area contributed by atoms with Gasteiger partial charge < -0.3 is 19.5 Å². The predicted octanol–water partition coefficient (Wildman–Crippen LogP) is 5.14. The third-order valence-electron chi connectivity index (χ3n) is 6.35. The van der Waals surface area contributed by atoms with E-state index < -0.39 is 22.5 Å². The summed E-state index contributed by atoms with van der Waals surface area (Å²) in [5.74, 6) is 0.460. The summed E-state index contributed by atoms with van der Waals surface area (Å²) in [4.78, 5) is 25.1. The molecular weight excluding hydrogens is 664 g/mol. The van der Waals surface area contributed by atoms with E-state index in [0.717, 1.165) is 9.87 Å². The van der Waals surface area contributed by atoms with E-state index in [1.165, 1.54) is 38.6 Å². The van der Waals surface area contributed by atoms with Crippen LogP contribution in [0, 0.1) is 6.92 Å². The molecule has 13 heteroatoms. The van der Waals surface area contributed by atoms with Crippen LogP contribution >= 0.6 is 15.9 Å². The third kappa shape index (κ3) is 8.83. The van der Waals surface area contributed by atoms with Crippen LogP contribution in [0.4, 0.5) is 11.4 Å². The van der Waals surface area contributed by atoms with Gasteiger partial charge in [0, 0.05) is 0 Å². The van der Waals surface area contributed by atoms with Crippen LogP contribution in [0.3, 0.4) is 0 Å². The van der Waals surface area contributed by atoms with Crippen molar-refractivity contribution in [3.8, 4) is 17.2 Å². The number of nitrogens with zero attached hydrogens (tertiary/aromatic N) is 2. The lowest BCUT2D eigenvalue weighted by molar-refractivity contribution is -0.119. The third-order valence-corrected chi connectivity index (χ3v) is 8.74. The van der Waals surface area contributed by atoms with Crippen LogP contribution < -0.4 is 29.3 Å². The molecule has 4 rings (SSSR count). The van der Waals surface area contributed by atoms with Crippen LogP contribution in [0.2, 0.25) is 0 Å². The minimum atomic E-state index is -4.14. The minimum Gasteiger partial charge on any atom is -0.496 e. The molecule has 234 valence electrons. The summed E-state index contributed by atoms with van der Waals surface area (Å²) in [5.41, 5.74) is 4.81. The molecule has 0 saturated carbocycles. The molecule has 45 heavy (non-hydrogen) atoms. The van der Waals surface area contributed by atoms with Crippen molar-refractivity contribution >= 4 is 55.4 Å². The van der Waals surface area contributed by atoms with Gasteiger partial charge in [-0.3, -0.25) is 13.9 Å². The topological polar surface area (TPSA) is 136 Å². The zero-order chi connectivity index (χ0) is 32.4. The molecule has 0 aliphatic heterocycles. The summed E-state index contributed by atoms with van der Waals surface area (Å²) in [6, 6.07) is 24.9. The van der Waals surface area contributed by atoms with Gasteiger partial charge in [-0.1, -0.05) is 29.8 Å². The second-order valence-corrected chi connectivity index (χ2v) is 12.3. The molecule has 0 heterocycles. The molecule has 0 fully saturated rings. The van der Waals surface area contributed by atoms with E-state index in [0.29, 0.717) is 38.7 Å². The lowest BCUT2D eigenvalue weighted by atomic mass is 10.2. The van der Waals surface area contributed by atoms with E-state index >= 15 is 0 Å². The first-order valence-electron chi connectivity index (χ1n) is 13.5. The molecule has 2 amide bonds. The number of sulfonamides is 1. The Hall–Kier alpha value is -4.88. The van der Waals surface area contributed by atoms with Gasteiger partial charge in [-0.2, -0.15) is 5.10 Å². The second kappa shape index (κ2) is 15.2. The van der Waals surface area contributed by atoms with E-state index in [1.807, 2.05) is 6.92 Å². The van der Waals surface area contributed by atoms with Crippen molar-refractivity contribution in [2.45, 2.75) is 11.8 Å². The Kier molecular flexibility index (Phi) is 11.2. The molecule has 0 radical (unpaired) electrons. The maximum absolute atomic E-state index is 13.7.